The van der Waals surface area contributed by atoms with E-state index < -0.39 is 17.7 Å². The average molecular weight is 514 g/mol. The second-order valence-corrected chi connectivity index (χ2v) is 9.30. The Bertz CT molecular complexity index is 1460. The molecule has 3 aromatic carbocycles. The van der Waals surface area contributed by atoms with Crippen LogP contribution in [0.5, 0.6) is 5.75 Å². The Balaban J connectivity index is 1.46. The van der Waals surface area contributed by atoms with Gasteiger partial charge >= 0.3 is 0 Å². The van der Waals surface area contributed by atoms with Crippen molar-refractivity contribution in [3.8, 4) is 5.75 Å². The normalized spacial score (nSPS) is 16.8. The third kappa shape index (κ3) is 5.15. The number of ether oxygens (including phenoxy) is 1. The van der Waals surface area contributed by atoms with Crippen molar-refractivity contribution in [3.05, 3.63) is 130 Å². The summed E-state index contributed by atoms with van der Waals surface area (Å²) in [6.07, 6.45) is 1.51. The summed E-state index contributed by atoms with van der Waals surface area (Å²) in [5, 5.41) is 11.8. The van der Waals surface area contributed by atoms with E-state index >= 15 is 0 Å². The van der Waals surface area contributed by atoms with Crippen LogP contribution in [-0.2, 0) is 22.7 Å². The number of furan rings is 1. The molecule has 0 bridgehead atoms. The summed E-state index contributed by atoms with van der Waals surface area (Å²) in [6.45, 7) is 2.51. The molecule has 186 valence electrons. The molecule has 1 N–H and O–H groups in total. The van der Waals surface area contributed by atoms with E-state index in [0.29, 0.717) is 34.3 Å². The first-order chi connectivity index (χ1) is 17.9. The van der Waals surface area contributed by atoms with E-state index in [-0.39, 0.29) is 17.9 Å². The Morgan fingerprint density at radius 2 is 1.76 bits per heavy atom. The van der Waals surface area contributed by atoms with Gasteiger partial charge < -0.3 is 19.2 Å². The Kier molecular flexibility index (Phi) is 6.84. The summed E-state index contributed by atoms with van der Waals surface area (Å²) in [4.78, 5) is 27.6. The highest BCUT2D eigenvalue weighted by Gasteiger charge is 2.46. The average Bonchev–Trinajstić information content (AvgIpc) is 3.50. The molecule has 1 aromatic heterocycles. The van der Waals surface area contributed by atoms with Gasteiger partial charge in [0.15, 0.2) is 0 Å². The molecule has 1 aliphatic rings. The van der Waals surface area contributed by atoms with E-state index in [2.05, 4.69) is 6.07 Å². The van der Waals surface area contributed by atoms with Crippen molar-refractivity contribution in [2.45, 2.75) is 26.1 Å². The van der Waals surface area contributed by atoms with E-state index in [9.17, 15) is 14.7 Å². The number of ketones is 1. The molecule has 1 fully saturated rings. The van der Waals surface area contributed by atoms with Crippen LogP contribution in [0.15, 0.2) is 101 Å². The van der Waals surface area contributed by atoms with Crippen molar-refractivity contribution in [2.24, 2.45) is 0 Å². The largest absolute Gasteiger partial charge is 0.507 e. The Morgan fingerprint density at radius 1 is 1.00 bits per heavy atom. The van der Waals surface area contributed by atoms with Crippen LogP contribution in [0.4, 0.5) is 0 Å². The Hall–Kier alpha value is -4.29. The van der Waals surface area contributed by atoms with Crippen LogP contribution in [0, 0.1) is 6.92 Å². The zero-order chi connectivity index (χ0) is 25.9. The quantitative estimate of drug-likeness (QED) is 0.175. The molecule has 1 unspecified atom stereocenters. The molecule has 4 aromatic rings. The van der Waals surface area contributed by atoms with Crippen molar-refractivity contribution in [3.63, 3.8) is 0 Å². The second kappa shape index (κ2) is 10.4. The Labute approximate surface area is 219 Å². The lowest BCUT2D eigenvalue weighted by Gasteiger charge is -2.24. The summed E-state index contributed by atoms with van der Waals surface area (Å²) in [5.41, 5.74) is 3.26. The molecule has 2 heterocycles. The number of hydrogen-bond acceptors (Lipinski definition) is 5. The smallest absolute Gasteiger partial charge is 0.296 e. The predicted octanol–water partition coefficient (Wildman–Crippen LogP) is 6.44. The number of halogens is 1. The van der Waals surface area contributed by atoms with Crippen molar-refractivity contribution in [1.82, 2.24) is 4.90 Å². The summed E-state index contributed by atoms with van der Waals surface area (Å²) in [7, 11) is 0. The minimum Gasteiger partial charge on any atom is -0.507 e. The van der Waals surface area contributed by atoms with Gasteiger partial charge in [-0.05, 0) is 66.6 Å². The minimum atomic E-state index is -0.806. The number of likely N-dealkylation sites (tertiary alicyclic amines) is 1. The number of Topliss-reactive ketones (excluding diaryl/α,β-unsaturated/α-hetero) is 1. The van der Waals surface area contributed by atoms with E-state index in [0.717, 1.165) is 11.1 Å². The minimum absolute atomic E-state index is 0.00677. The lowest BCUT2D eigenvalue weighted by atomic mass is 9.95. The number of benzene rings is 3. The summed E-state index contributed by atoms with van der Waals surface area (Å²) >= 11 is 6.07. The second-order valence-electron chi connectivity index (χ2n) is 8.86. The van der Waals surface area contributed by atoms with E-state index in [1.807, 2.05) is 25.1 Å². The van der Waals surface area contributed by atoms with Crippen LogP contribution in [0.1, 0.15) is 34.1 Å². The SMILES string of the molecule is Cc1cccc(COc2ccc(/C(O)=C3/C(=O)C(=O)N(Cc4ccco4)C3c3ccc(Cl)cc3)cc2)c1. The van der Waals surface area contributed by atoms with Gasteiger partial charge in [0, 0.05) is 10.6 Å². The molecule has 37 heavy (non-hydrogen) atoms. The first-order valence-corrected chi connectivity index (χ1v) is 12.1. The van der Waals surface area contributed by atoms with Gasteiger partial charge in [0.25, 0.3) is 11.7 Å². The van der Waals surface area contributed by atoms with Crippen molar-refractivity contribution in [1.29, 1.82) is 0 Å². The van der Waals surface area contributed by atoms with Gasteiger partial charge in [-0.3, -0.25) is 9.59 Å². The molecule has 7 heteroatoms. The fourth-order valence-electron chi connectivity index (χ4n) is 4.44. The molecule has 1 atom stereocenters. The van der Waals surface area contributed by atoms with Gasteiger partial charge in [0.1, 0.15) is 23.9 Å². The Morgan fingerprint density at radius 3 is 2.43 bits per heavy atom. The lowest BCUT2D eigenvalue weighted by molar-refractivity contribution is -0.140. The number of aliphatic hydroxyl groups excluding tert-OH is 1. The molecule has 5 rings (SSSR count). The van der Waals surface area contributed by atoms with Gasteiger partial charge in [-0.25, -0.2) is 0 Å². The highest BCUT2D eigenvalue weighted by molar-refractivity contribution is 6.46. The zero-order valence-electron chi connectivity index (χ0n) is 20.1. The monoisotopic (exact) mass is 513 g/mol. The first kappa shape index (κ1) is 24.4. The number of carbonyl (C=O) groups is 2. The van der Waals surface area contributed by atoms with Gasteiger partial charge in [0.2, 0.25) is 0 Å². The molecule has 0 radical (unpaired) electrons. The van der Waals surface area contributed by atoms with Crippen molar-refractivity contribution >= 4 is 29.1 Å². The van der Waals surface area contributed by atoms with Gasteiger partial charge in [-0.1, -0.05) is 53.6 Å². The first-order valence-electron chi connectivity index (χ1n) is 11.8. The van der Waals surface area contributed by atoms with Crippen LogP contribution in [0.25, 0.3) is 5.76 Å². The molecule has 1 amide bonds. The van der Waals surface area contributed by atoms with Crippen LogP contribution in [0.2, 0.25) is 5.02 Å². The number of hydrogen-bond donors (Lipinski definition) is 1. The van der Waals surface area contributed by atoms with Crippen LogP contribution in [0.3, 0.4) is 0 Å². The summed E-state index contributed by atoms with van der Waals surface area (Å²) in [5.74, 6) is -0.591. The predicted molar refractivity (Wildman–Crippen MR) is 140 cm³/mol. The number of carbonyl (C=O) groups excluding carboxylic acids is 2. The van der Waals surface area contributed by atoms with E-state index in [1.165, 1.54) is 11.2 Å². The molecule has 0 spiro atoms. The number of rotatable bonds is 7. The van der Waals surface area contributed by atoms with Crippen molar-refractivity contribution < 1.29 is 23.8 Å². The zero-order valence-corrected chi connectivity index (χ0v) is 20.8. The molecule has 1 aliphatic heterocycles. The highest BCUT2D eigenvalue weighted by Crippen LogP contribution is 2.40. The third-order valence-electron chi connectivity index (χ3n) is 6.25. The molecule has 1 saturated heterocycles. The number of amides is 1. The van der Waals surface area contributed by atoms with Crippen molar-refractivity contribution in [2.75, 3.05) is 0 Å². The lowest BCUT2D eigenvalue weighted by Crippen LogP contribution is -2.29. The number of nitrogens with zero attached hydrogens (tertiary/aromatic N) is 1. The fraction of sp³-hybridized carbons (Fsp3) is 0.133. The topological polar surface area (TPSA) is 80.0 Å². The maximum atomic E-state index is 13.2. The maximum absolute atomic E-state index is 13.2. The summed E-state index contributed by atoms with van der Waals surface area (Å²) < 4.78 is 11.3. The molecule has 6 nitrogen and oxygen atoms in total. The number of aliphatic hydroxyl groups is 1. The highest BCUT2D eigenvalue weighted by atomic mass is 35.5. The molecular formula is C30H24ClNO5. The molecular weight excluding hydrogens is 490 g/mol. The van der Waals surface area contributed by atoms with Crippen LogP contribution < -0.4 is 4.74 Å². The van der Waals surface area contributed by atoms with E-state index in [1.54, 1.807) is 60.7 Å². The maximum Gasteiger partial charge on any atom is 0.296 e. The van der Waals surface area contributed by atoms with Gasteiger partial charge in [0.05, 0.1) is 24.4 Å². The van der Waals surface area contributed by atoms with Crippen LogP contribution >= 0.6 is 11.6 Å². The summed E-state index contributed by atoms with van der Waals surface area (Å²) in [6, 6.07) is 24.3. The van der Waals surface area contributed by atoms with Gasteiger partial charge in [-0.2, -0.15) is 0 Å². The molecule has 0 aliphatic carbocycles. The fourth-order valence-corrected chi connectivity index (χ4v) is 4.56. The van der Waals surface area contributed by atoms with Gasteiger partial charge in [-0.15, -0.1) is 0 Å². The number of aryl methyl sites for hydroxylation is 1. The third-order valence-corrected chi connectivity index (χ3v) is 6.50. The van der Waals surface area contributed by atoms with Crippen LogP contribution in [-0.4, -0.2) is 21.7 Å². The molecule has 0 saturated carbocycles. The standard InChI is InChI=1S/C30H24ClNO5/c1-19-4-2-5-20(16-19)18-37-24-13-9-22(10-14-24)28(33)26-27(21-7-11-23(31)12-8-21)32(30(35)29(26)34)17-25-6-3-15-36-25/h2-16,27,33H,17-18H2,1H3/b28-26-. The van der Waals surface area contributed by atoms with E-state index in [4.69, 9.17) is 20.8 Å².